The molecule has 0 N–H and O–H groups in total. The fourth-order valence-electron chi connectivity index (χ4n) is 3.18. The average molecular weight is 373 g/mol. The number of nitrogens with zero attached hydrogens (tertiary/aromatic N) is 5. The van der Waals surface area contributed by atoms with Crippen LogP contribution in [0.15, 0.2) is 11.7 Å². The van der Waals surface area contributed by atoms with E-state index in [-0.39, 0.29) is 17.9 Å². The fraction of sp³-hybridized carbons (Fsp3) is 0.500. The van der Waals surface area contributed by atoms with Crippen LogP contribution in [0.3, 0.4) is 0 Å². The zero-order chi connectivity index (χ0) is 18.8. The van der Waals surface area contributed by atoms with Crippen LogP contribution >= 0.6 is 11.3 Å². The summed E-state index contributed by atoms with van der Waals surface area (Å²) in [7, 11) is 3.41. The van der Waals surface area contributed by atoms with Crippen molar-refractivity contribution in [3.8, 4) is 0 Å². The van der Waals surface area contributed by atoms with Crippen molar-refractivity contribution >= 4 is 23.2 Å². The van der Waals surface area contributed by atoms with Gasteiger partial charge in [-0.1, -0.05) is 0 Å². The number of amides is 2. The predicted octanol–water partition coefficient (Wildman–Crippen LogP) is 2.62. The molecule has 0 saturated carbocycles. The van der Waals surface area contributed by atoms with Gasteiger partial charge in [0.2, 0.25) is 0 Å². The Labute approximate surface area is 157 Å². The molecule has 7 nitrogen and oxygen atoms in total. The van der Waals surface area contributed by atoms with Gasteiger partial charge in [-0.2, -0.15) is 0 Å². The van der Waals surface area contributed by atoms with E-state index >= 15 is 0 Å². The summed E-state index contributed by atoms with van der Waals surface area (Å²) < 4.78 is 0. The normalized spacial score (nSPS) is 17.2. The maximum atomic E-state index is 13.0. The van der Waals surface area contributed by atoms with E-state index in [1.807, 2.05) is 18.7 Å². The fourth-order valence-corrected chi connectivity index (χ4v) is 3.93. The Morgan fingerprint density at radius 3 is 2.58 bits per heavy atom. The first kappa shape index (κ1) is 18.4. The van der Waals surface area contributed by atoms with E-state index in [0.717, 1.165) is 25.0 Å². The molecule has 26 heavy (non-hydrogen) atoms. The molecule has 0 aliphatic carbocycles. The first-order valence-corrected chi connectivity index (χ1v) is 9.54. The molecule has 0 spiro atoms. The highest BCUT2D eigenvalue weighted by Crippen LogP contribution is 2.31. The summed E-state index contributed by atoms with van der Waals surface area (Å²) in [5.41, 5.74) is 3.59. The Bertz CT molecular complexity index is 833. The molecule has 1 aliphatic heterocycles. The van der Waals surface area contributed by atoms with E-state index in [0.29, 0.717) is 28.5 Å². The lowest BCUT2D eigenvalue weighted by molar-refractivity contribution is 0.0602. The quantitative estimate of drug-likeness (QED) is 0.826. The Balaban J connectivity index is 1.91. The number of carbonyl (C=O) groups excluding carboxylic acids is 2. The van der Waals surface area contributed by atoms with Gasteiger partial charge in [0.05, 0.1) is 28.5 Å². The van der Waals surface area contributed by atoms with Crippen molar-refractivity contribution in [1.29, 1.82) is 0 Å². The lowest BCUT2D eigenvalue weighted by Gasteiger charge is -2.34. The van der Waals surface area contributed by atoms with Gasteiger partial charge in [0.15, 0.2) is 5.82 Å². The van der Waals surface area contributed by atoms with Gasteiger partial charge in [-0.3, -0.25) is 9.59 Å². The van der Waals surface area contributed by atoms with Gasteiger partial charge in [0, 0.05) is 26.8 Å². The minimum atomic E-state index is -0.167. The van der Waals surface area contributed by atoms with Gasteiger partial charge in [0.1, 0.15) is 4.88 Å². The van der Waals surface area contributed by atoms with E-state index < -0.39 is 0 Å². The topological polar surface area (TPSA) is 79.3 Å². The highest BCUT2D eigenvalue weighted by Gasteiger charge is 2.32. The van der Waals surface area contributed by atoms with Crippen molar-refractivity contribution in [1.82, 2.24) is 24.8 Å². The molecular weight excluding hydrogens is 350 g/mol. The number of rotatable bonds is 3. The average Bonchev–Trinajstić information content (AvgIpc) is 3.06. The van der Waals surface area contributed by atoms with Crippen LogP contribution in [0.4, 0.5) is 0 Å². The molecule has 8 heteroatoms. The van der Waals surface area contributed by atoms with Crippen LogP contribution in [0.1, 0.15) is 62.5 Å². The molecule has 1 saturated heterocycles. The van der Waals surface area contributed by atoms with Crippen molar-refractivity contribution in [2.45, 2.75) is 39.2 Å². The molecule has 2 aromatic heterocycles. The second-order valence-corrected chi connectivity index (χ2v) is 7.56. The van der Waals surface area contributed by atoms with Gasteiger partial charge in [-0.05, 0) is 33.1 Å². The van der Waals surface area contributed by atoms with Crippen LogP contribution in [-0.4, -0.2) is 57.2 Å². The zero-order valence-electron chi connectivity index (χ0n) is 15.5. The van der Waals surface area contributed by atoms with Crippen molar-refractivity contribution in [2.24, 2.45) is 0 Å². The number of aromatic nitrogens is 3. The van der Waals surface area contributed by atoms with Crippen molar-refractivity contribution < 1.29 is 9.59 Å². The number of hydrogen-bond donors (Lipinski definition) is 0. The van der Waals surface area contributed by atoms with Crippen molar-refractivity contribution in [3.63, 3.8) is 0 Å². The van der Waals surface area contributed by atoms with Crippen LogP contribution < -0.4 is 0 Å². The molecule has 1 atom stereocenters. The largest absolute Gasteiger partial charge is 0.345 e. The van der Waals surface area contributed by atoms with E-state index in [9.17, 15) is 9.59 Å². The third kappa shape index (κ3) is 3.46. The number of aryl methyl sites for hydroxylation is 2. The maximum absolute atomic E-state index is 13.0. The lowest BCUT2D eigenvalue weighted by Crippen LogP contribution is -2.39. The number of piperidine rings is 1. The second-order valence-electron chi connectivity index (χ2n) is 6.70. The highest BCUT2D eigenvalue weighted by atomic mass is 32.1. The molecular formula is C18H23N5O2S. The molecule has 0 aromatic carbocycles. The second kappa shape index (κ2) is 7.49. The van der Waals surface area contributed by atoms with E-state index in [2.05, 4.69) is 15.0 Å². The van der Waals surface area contributed by atoms with Crippen LogP contribution in [0.2, 0.25) is 0 Å². The monoisotopic (exact) mass is 373 g/mol. The molecule has 138 valence electrons. The summed E-state index contributed by atoms with van der Waals surface area (Å²) in [4.78, 5) is 42.4. The van der Waals surface area contributed by atoms with E-state index in [1.165, 1.54) is 16.2 Å². The van der Waals surface area contributed by atoms with Gasteiger partial charge < -0.3 is 9.80 Å². The van der Waals surface area contributed by atoms with Crippen LogP contribution in [0.5, 0.6) is 0 Å². The van der Waals surface area contributed by atoms with Gasteiger partial charge in [-0.25, -0.2) is 15.0 Å². The SMILES string of the molecule is Cc1nc(C2CCCCN2C(=O)c2scnc2C)ncc1C(=O)N(C)C. The zero-order valence-corrected chi connectivity index (χ0v) is 16.3. The molecule has 1 aliphatic rings. The van der Waals surface area contributed by atoms with E-state index in [4.69, 9.17) is 0 Å². The Kier molecular flexibility index (Phi) is 5.31. The van der Waals surface area contributed by atoms with Crippen molar-refractivity contribution in [2.75, 3.05) is 20.6 Å². The summed E-state index contributed by atoms with van der Waals surface area (Å²) in [6, 6.07) is -0.167. The first-order chi connectivity index (χ1) is 12.4. The van der Waals surface area contributed by atoms with Crippen molar-refractivity contribution in [3.05, 3.63) is 39.4 Å². The lowest BCUT2D eigenvalue weighted by atomic mass is 10.0. The maximum Gasteiger partial charge on any atom is 0.266 e. The number of carbonyl (C=O) groups is 2. The predicted molar refractivity (Wildman–Crippen MR) is 99.3 cm³/mol. The summed E-state index contributed by atoms with van der Waals surface area (Å²) >= 11 is 1.37. The molecule has 2 amide bonds. The minimum Gasteiger partial charge on any atom is -0.345 e. The Morgan fingerprint density at radius 1 is 1.19 bits per heavy atom. The van der Waals surface area contributed by atoms with Gasteiger partial charge in [-0.15, -0.1) is 11.3 Å². The minimum absolute atomic E-state index is 0.00982. The van der Waals surface area contributed by atoms with Crippen LogP contribution in [0, 0.1) is 13.8 Å². The van der Waals surface area contributed by atoms with Gasteiger partial charge >= 0.3 is 0 Å². The van der Waals surface area contributed by atoms with Crippen LogP contribution in [-0.2, 0) is 0 Å². The number of hydrogen-bond acceptors (Lipinski definition) is 6. The summed E-state index contributed by atoms with van der Waals surface area (Å²) in [6.45, 7) is 4.34. The number of likely N-dealkylation sites (tertiary alicyclic amines) is 1. The third-order valence-corrected chi connectivity index (χ3v) is 5.55. The Hall–Kier alpha value is -2.35. The van der Waals surface area contributed by atoms with Gasteiger partial charge in [0.25, 0.3) is 11.8 Å². The molecule has 0 bridgehead atoms. The molecule has 1 unspecified atom stereocenters. The third-order valence-electron chi connectivity index (χ3n) is 4.64. The molecule has 3 rings (SSSR count). The summed E-state index contributed by atoms with van der Waals surface area (Å²) in [6.07, 6.45) is 4.40. The molecule has 0 radical (unpaired) electrons. The standard InChI is InChI=1S/C18H23N5O2S/c1-11-13(17(24)22(3)4)9-19-16(21-11)14-7-5-6-8-23(14)18(25)15-12(2)20-10-26-15/h9-10,14H,5-8H2,1-4H3. The highest BCUT2D eigenvalue weighted by molar-refractivity contribution is 7.11. The first-order valence-electron chi connectivity index (χ1n) is 8.66. The smallest absolute Gasteiger partial charge is 0.266 e. The summed E-state index contributed by atoms with van der Waals surface area (Å²) in [5.74, 6) is 0.475. The molecule has 2 aromatic rings. The number of thiazole rings is 1. The molecule has 1 fully saturated rings. The Morgan fingerprint density at radius 2 is 1.96 bits per heavy atom. The molecule has 3 heterocycles. The van der Waals surface area contributed by atoms with Crippen LogP contribution in [0.25, 0.3) is 0 Å². The van der Waals surface area contributed by atoms with E-state index in [1.54, 1.807) is 25.8 Å². The summed E-state index contributed by atoms with van der Waals surface area (Å²) in [5, 5.41) is 0.